The van der Waals surface area contributed by atoms with Crippen LogP contribution in [0.2, 0.25) is 0 Å². The van der Waals surface area contributed by atoms with Gasteiger partial charge in [0.15, 0.2) is 0 Å². The summed E-state index contributed by atoms with van der Waals surface area (Å²) >= 11 is 0. The molecule has 4 rings (SSSR count). The second-order valence-corrected chi connectivity index (χ2v) is 9.15. The van der Waals surface area contributed by atoms with Crippen LogP contribution in [0.15, 0.2) is 81.9 Å². The van der Waals surface area contributed by atoms with Crippen LogP contribution in [0, 0.1) is 0 Å². The van der Waals surface area contributed by atoms with E-state index in [4.69, 9.17) is 4.74 Å². The molecule has 1 aliphatic carbocycles. The Hall–Kier alpha value is -4.18. The van der Waals surface area contributed by atoms with Crippen molar-refractivity contribution >= 4 is 27.3 Å². The zero-order valence-electron chi connectivity index (χ0n) is 18.1. The lowest BCUT2D eigenvalue weighted by Gasteiger charge is -2.20. The van der Waals surface area contributed by atoms with Gasteiger partial charge in [0.2, 0.25) is 0 Å². The molecule has 3 N–H and O–H groups in total. The van der Waals surface area contributed by atoms with Crippen molar-refractivity contribution in [3.05, 3.63) is 83.4 Å². The molecule has 1 amide bonds. The number of phenols is 2. The molecule has 0 aliphatic heterocycles. The van der Waals surface area contributed by atoms with Gasteiger partial charge in [0.1, 0.15) is 22.9 Å². The number of ether oxygens (including phenoxy) is 1. The predicted octanol–water partition coefficient (Wildman–Crippen LogP) is 4.49. The fraction of sp³-hybridized carbons (Fsp3) is 0.125. The van der Waals surface area contributed by atoms with E-state index in [0.29, 0.717) is 29.7 Å². The van der Waals surface area contributed by atoms with Gasteiger partial charge in [-0.05, 0) is 66.9 Å². The van der Waals surface area contributed by atoms with E-state index in [1.807, 2.05) is 12.2 Å². The van der Waals surface area contributed by atoms with E-state index < -0.39 is 15.9 Å². The van der Waals surface area contributed by atoms with Gasteiger partial charge in [-0.1, -0.05) is 18.2 Å². The molecule has 0 bridgehead atoms. The lowest BCUT2D eigenvalue weighted by Crippen LogP contribution is -2.15. The minimum Gasteiger partial charge on any atom is -0.508 e. The van der Waals surface area contributed by atoms with Crippen LogP contribution in [0.5, 0.6) is 17.2 Å². The second kappa shape index (κ2) is 9.36. The number of hydrogen-bond acceptors (Lipinski definition) is 7. The Morgan fingerprint density at radius 3 is 2.38 bits per heavy atom. The van der Waals surface area contributed by atoms with Crippen LogP contribution in [0.25, 0.3) is 0 Å². The van der Waals surface area contributed by atoms with Gasteiger partial charge in [-0.3, -0.25) is 9.52 Å². The number of amides is 1. The first-order valence-electron chi connectivity index (χ1n) is 10.2. The number of sulfonamides is 1. The fourth-order valence-corrected chi connectivity index (χ4v) is 4.61. The number of allylic oxidation sites excluding steroid dienone is 2. The highest BCUT2D eigenvalue weighted by Crippen LogP contribution is 2.41. The summed E-state index contributed by atoms with van der Waals surface area (Å²) in [6.45, 7) is 0. The van der Waals surface area contributed by atoms with Gasteiger partial charge in [-0.25, -0.2) is 8.42 Å². The van der Waals surface area contributed by atoms with Crippen molar-refractivity contribution in [2.24, 2.45) is 10.2 Å². The Balaban J connectivity index is 1.70. The van der Waals surface area contributed by atoms with Crippen LogP contribution in [0.3, 0.4) is 0 Å². The topological polar surface area (TPSA) is 138 Å². The van der Waals surface area contributed by atoms with Crippen molar-refractivity contribution in [3.8, 4) is 17.2 Å². The number of carbonyl (C=O) groups is 1. The summed E-state index contributed by atoms with van der Waals surface area (Å²) in [5, 5.41) is 27.8. The van der Waals surface area contributed by atoms with Gasteiger partial charge in [0.05, 0.1) is 17.7 Å². The summed E-state index contributed by atoms with van der Waals surface area (Å²) in [6, 6.07) is 12.9. The molecule has 174 valence electrons. The number of anilines is 1. The summed E-state index contributed by atoms with van der Waals surface area (Å²) < 4.78 is 33.6. The fourth-order valence-electron chi connectivity index (χ4n) is 3.53. The average molecular weight is 480 g/mol. The van der Waals surface area contributed by atoms with Crippen LogP contribution in [0.1, 0.15) is 21.5 Å². The van der Waals surface area contributed by atoms with Gasteiger partial charge >= 0.3 is 0 Å². The Bertz CT molecular complexity index is 1410. The molecule has 0 radical (unpaired) electrons. The summed E-state index contributed by atoms with van der Waals surface area (Å²) in [4.78, 5) is 12.4. The third-order valence-electron chi connectivity index (χ3n) is 5.27. The number of methoxy groups -OCH3 is 1. The molecule has 0 spiro atoms. The molecule has 3 aromatic carbocycles. The summed E-state index contributed by atoms with van der Waals surface area (Å²) in [6.07, 6.45) is 4.49. The van der Waals surface area contributed by atoms with E-state index in [0.717, 1.165) is 0 Å². The molecule has 3 aromatic rings. The first-order valence-corrected chi connectivity index (χ1v) is 11.7. The minimum absolute atomic E-state index is 0.0312. The van der Waals surface area contributed by atoms with Crippen LogP contribution >= 0.6 is 0 Å². The van der Waals surface area contributed by atoms with E-state index >= 15 is 0 Å². The van der Waals surface area contributed by atoms with Crippen LogP contribution in [-0.2, 0) is 22.9 Å². The van der Waals surface area contributed by atoms with E-state index in [1.165, 1.54) is 61.7 Å². The zero-order valence-corrected chi connectivity index (χ0v) is 18.9. The lowest BCUT2D eigenvalue weighted by molar-refractivity contribution is 0.0994. The summed E-state index contributed by atoms with van der Waals surface area (Å²) in [5.74, 6) is -0.489. The highest BCUT2D eigenvalue weighted by Gasteiger charge is 2.23. The lowest BCUT2D eigenvalue weighted by atomic mass is 9.93. The summed E-state index contributed by atoms with van der Waals surface area (Å²) in [5.41, 5.74) is 1.39. The van der Waals surface area contributed by atoms with Crippen molar-refractivity contribution in [1.29, 1.82) is 0 Å². The maximum Gasteiger partial charge on any atom is 0.295 e. The van der Waals surface area contributed by atoms with Crippen LogP contribution in [-0.4, -0.2) is 31.6 Å². The first kappa shape index (κ1) is 23.0. The number of hydrogen-bond donors (Lipinski definition) is 3. The van der Waals surface area contributed by atoms with Crippen LogP contribution < -0.4 is 9.46 Å². The van der Waals surface area contributed by atoms with E-state index in [1.54, 1.807) is 0 Å². The number of nitrogens with one attached hydrogen (secondary N) is 1. The first-order chi connectivity index (χ1) is 16.3. The molecular formula is C24H21N3O6S. The molecule has 34 heavy (non-hydrogen) atoms. The minimum atomic E-state index is -3.96. The number of carbonyl (C=O) groups excluding carboxylic acids is 1. The number of rotatable bonds is 6. The Morgan fingerprint density at radius 1 is 1.00 bits per heavy atom. The second-order valence-electron chi connectivity index (χ2n) is 7.47. The number of nitrogens with zero attached hydrogens (tertiary/aromatic N) is 2. The molecule has 0 atom stereocenters. The SMILES string of the molecule is COc1ccc(S(=O)(=O)Nc2cc(N=NC(=O)c3cccc(O)c3)c(O)c3c2CC=CC3)cc1. The van der Waals surface area contributed by atoms with Crippen molar-refractivity contribution < 1.29 is 28.2 Å². The maximum absolute atomic E-state index is 13.0. The monoisotopic (exact) mass is 479 g/mol. The molecule has 0 heterocycles. The van der Waals surface area contributed by atoms with Crippen molar-refractivity contribution in [2.75, 3.05) is 11.8 Å². The third kappa shape index (κ3) is 4.76. The predicted molar refractivity (Wildman–Crippen MR) is 125 cm³/mol. The van der Waals surface area contributed by atoms with E-state index in [2.05, 4.69) is 15.0 Å². The zero-order chi connectivity index (χ0) is 24.3. The van der Waals surface area contributed by atoms with Gasteiger partial charge < -0.3 is 14.9 Å². The van der Waals surface area contributed by atoms with Crippen molar-refractivity contribution in [1.82, 2.24) is 0 Å². The Labute approximate surface area is 196 Å². The van der Waals surface area contributed by atoms with Crippen molar-refractivity contribution in [2.45, 2.75) is 17.7 Å². The molecule has 0 fully saturated rings. The van der Waals surface area contributed by atoms with E-state index in [9.17, 15) is 23.4 Å². The number of benzene rings is 3. The van der Waals surface area contributed by atoms with Crippen LogP contribution in [0.4, 0.5) is 11.4 Å². The standard InChI is InChI=1S/C24H21N3O6S/c1-33-17-9-11-18(12-10-17)34(31,32)27-21-14-22(23(29)20-8-3-2-7-19(20)21)25-26-24(30)15-5-4-6-16(28)13-15/h2-6,9-14,27-29H,7-8H2,1H3. The highest BCUT2D eigenvalue weighted by molar-refractivity contribution is 7.92. The Morgan fingerprint density at radius 2 is 1.71 bits per heavy atom. The molecule has 0 saturated carbocycles. The maximum atomic E-state index is 13.0. The molecule has 0 unspecified atom stereocenters. The Kier molecular flexibility index (Phi) is 6.33. The largest absolute Gasteiger partial charge is 0.508 e. The molecule has 10 heteroatoms. The van der Waals surface area contributed by atoms with Gasteiger partial charge in [0, 0.05) is 11.1 Å². The van der Waals surface area contributed by atoms with Gasteiger partial charge in [-0.15, -0.1) is 10.2 Å². The summed E-state index contributed by atoms with van der Waals surface area (Å²) in [7, 11) is -2.47. The number of phenolic OH excluding ortho intramolecular Hbond substituents is 2. The van der Waals surface area contributed by atoms with Gasteiger partial charge in [0.25, 0.3) is 15.9 Å². The molecule has 1 aliphatic rings. The highest BCUT2D eigenvalue weighted by atomic mass is 32.2. The van der Waals surface area contributed by atoms with Gasteiger partial charge in [-0.2, -0.15) is 0 Å². The molecule has 0 saturated heterocycles. The quantitative estimate of drug-likeness (QED) is 0.271. The number of fused-ring (bicyclic) bond motifs is 1. The average Bonchev–Trinajstić information content (AvgIpc) is 2.84. The number of aromatic hydroxyl groups is 2. The number of azo groups is 1. The molecular weight excluding hydrogens is 458 g/mol. The van der Waals surface area contributed by atoms with Crippen molar-refractivity contribution in [3.63, 3.8) is 0 Å². The third-order valence-corrected chi connectivity index (χ3v) is 6.65. The van der Waals surface area contributed by atoms with E-state index in [-0.39, 0.29) is 33.3 Å². The molecule has 0 aromatic heterocycles. The normalized spacial score (nSPS) is 13.0. The molecule has 9 nitrogen and oxygen atoms in total. The smallest absolute Gasteiger partial charge is 0.295 e.